The summed E-state index contributed by atoms with van der Waals surface area (Å²) < 4.78 is 5.50. The van der Waals surface area contributed by atoms with Crippen molar-refractivity contribution in [3.8, 4) is 0 Å². The molecule has 1 saturated heterocycles. The number of nitrogens with one attached hydrogen (secondary N) is 1. The van der Waals surface area contributed by atoms with Crippen LogP contribution in [0.2, 0.25) is 0 Å². The summed E-state index contributed by atoms with van der Waals surface area (Å²) in [6.07, 6.45) is 11.4. The SMILES string of the molecule is COC1CCC(N(CC2CCCN2)C2CC2)CC1. The molecule has 1 unspecified atom stereocenters. The molecule has 3 aliphatic rings. The van der Waals surface area contributed by atoms with Crippen LogP contribution in [0.4, 0.5) is 0 Å². The van der Waals surface area contributed by atoms with Crippen molar-refractivity contribution >= 4 is 0 Å². The molecule has 0 aromatic heterocycles. The second kappa shape index (κ2) is 5.89. The van der Waals surface area contributed by atoms with Gasteiger partial charge in [-0.25, -0.2) is 0 Å². The van der Waals surface area contributed by atoms with E-state index in [1.54, 1.807) is 0 Å². The van der Waals surface area contributed by atoms with E-state index in [1.165, 1.54) is 64.5 Å². The molecule has 2 saturated carbocycles. The zero-order valence-corrected chi connectivity index (χ0v) is 11.7. The van der Waals surface area contributed by atoms with Crippen LogP contribution in [-0.2, 0) is 4.74 Å². The van der Waals surface area contributed by atoms with E-state index in [1.807, 2.05) is 7.11 Å². The Morgan fingerprint density at radius 2 is 1.67 bits per heavy atom. The summed E-state index contributed by atoms with van der Waals surface area (Å²) in [5, 5.41) is 3.66. The largest absolute Gasteiger partial charge is 0.381 e. The predicted molar refractivity (Wildman–Crippen MR) is 73.8 cm³/mol. The van der Waals surface area contributed by atoms with Crippen LogP contribution in [0.15, 0.2) is 0 Å². The molecule has 1 aliphatic heterocycles. The Kier molecular flexibility index (Phi) is 4.22. The molecule has 18 heavy (non-hydrogen) atoms. The van der Waals surface area contributed by atoms with Crippen molar-refractivity contribution in [1.29, 1.82) is 0 Å². The van der Waals surface area contributed by atoms with Crippen molar-refractivity contribution in [1.82, 2.24) is 10.2 Å². The fraction of sp³-hybridized carbons (Fsp3) is 1.00. The first-order valence-corrected chi connectivity index (χ1v) is 7.88. The minimum Gasteiger partial charge on any atom is -0.381 e. The standard InChI is InChI=1S/C15H28N2O/c1-18-15-8-6-14(7-9-15)17(13-4-5-13)11-12-3-2-10-16-12/h12-16H,2-11H2,1H3. The highest BCUT2D eigenvalue weighted by molar-refractivity contribution is 4.93. The molecule has 1 atom stereocenters. The van der Waals surface area contributed by atoms with Crippen LogP contribution >= 0.6 is 0 Å². The van der Waals surface area contributed by atoms with Crippen LogP contribution < -0.4 is 5.32 Å². The average molecular weight is 252 g/mol. The first-order valence-electron chi connectivity index (χ1n) is 7.88. The van der Waals surface area contributed by atoms with Crippen molar-refractivity contribution in [2.24, 2.45) is 0 Å². The molecule has 0 spiro atoms. The molecule has 1 N–H and O–H groups in total. The van der Waals surface area contributed by atoms with Gasteiger partial charge in [0.2, 0.25) is 0 Å². The monoisotopic (exact) mass is 252 g/mol. The van der Waals surface area contributed by atoms with E-state index in [0.29, 0.717) is 6.10 Å². The molecule has 0 radical (unpaired) electrons. The van der Waals surface area contributed by atoms with Crippen molar-refractivity contribution < 1.29 is 4.74 Å². The second-order valence-corrected chi connectivity index (χ2v) is 6.39. The lowest BCUT2D eigenvalue weighted by Gasteiger charge is -2.38. The Morgan fingerprint density at radius 1 is 1.00 bits per heavy atom. The minimum absolute atomic E-state index is 0.534. The Labute approximate surface area is 111 Å². The summed E-state index contributed by atoms with van der Waals surface area (Å²) in [5.41, 5.74) is 0. The van der Waals surface area contributed by atoms with Crippen LogP contribution in [0, 0.1) is 0 Å². The van der Waals surface area contributed by atoms with Crippen LogP contribution in [-0.4, -0.2) is 49.3 Å². The van der Waals surface area contributed by atoms with Gasteiger partial charge in [-0.05, 0) is 57.9 Å². The first kappa shape index (κ1) is 12.9. The lowest BCUT2D eigenvalue weighted by molar-refractivity contribution is 0.0342. The molecule has 1 heterocycles. The average Bonchev–Trinajstić information content (AvgIpc) is 3.13. The maximum Gasteiger partial charge on any atom is 0.0572 e. The smallest absolute Gasteiger partial charge is 0.0572 e. The summed E-state index contributed by atoms with van der Waals surface area (Å²) in [5.74, 6) is 0. The highest BCUT2D eigenvalue weighted by atomic mass is 16.5. The Hall–Kier alpha value is -0.120. The summed E-state index contributed by atoms with van der Waals surface area (Å²) in [7, 11) is 1.87. The Balaban J connectivity index is 1.53. The van der Waals surface area contributed by atoms with Gasteiger partial charge in [-0.3, -0.25) is 4.90 Å². The van der Waals surface area contributed by atoms with Gasteiger partial charge in [0, 0.05) is 31.8 Å². The van der Waals surface area contributed by atoms with Gasteiger partial charge in [0.05, 0.1) is 6.10 Å². The summed E-state index contributed by atoms with van der Waals surface area (Å²) in [6, 6.07) is 2.52. The zero-order valence-electron chi connectivity index (χ0n) is 11.7. The lowest BCUT2D eigenvalue weighted by atomic mass is 9.91. The van der Waals surface area contributed by atoms with Gasteiger partial charge in [0.15, 0.2) is 0 Å². The predicted octanol–water partition coefficient (Wildman–Crippen LogP) is 2.16. The second-order valence-electron chi connectivity index (χ2n) is 6.39. The molecule has 0 aromatic rings. The first-order chi connectivity index (χ1) is 8.86. The number of hydrogen-bond donors (Lipinski definition) is 1. The van der Waals surface area contributed by atoms with Crippen molar-refractivity contribution in [3.63, 3.8) is 0 Å². The topological polar surface area (TPSA) is 24.5 Å². The van der Waals surface area contributed by atoms with Gasteiger partial charge in [-0.2, -0.15) is 0 Å². The third-order valence-corrected chi connectivity index (χ3v) is 5.06. The van der Waals surface area contributed by atoms with Gasteiger partial charge >= 0.3 is 0 Å². The van der Waals surface area contributed by atoms with Crippen molar-refractivity contribution in [2.45, 2.75) is 75.6 Å². The molecule has 104 valence electrons. The van der Waals surface area contributed by atoms with Gasteiger partial charge < -0.3 is 10.1 Å². The molecule has 3 heteroatoms. The van der Waals surface area contributed by atoms with E-state index in [9.17, 15) is 0 Å². The van der Waals surface area contributed by atoms with Crippen LogP contribution in [0.25, 0.3) is 0 Å². The Morgan fingerprint density at radius 3 is 2.17 bits per heavy atom. The fourth-order valence-electron chi connectivity index (χ4n) is 3.78. The highest BCUT2D eigenvalue weighted by Crippen LogP contribution is 2.34. The number of rotatable bonds is 5. The highest BCUT2D eigenvalue weighted by Gasteiger charge is 2.37. The number of nitrogens with zero attached hydrogens (tertiary/aromatic N) is 1. The van der Waals surface area contributed by atoms with Gasteiger partial charge in [0.25, 0.3) is 0 Å². The van der Waals surface area contributed by atoms with E-state index < -0.39 is 0 Å². The molecule has 3 rings (SSSR count). The molecule has 0 aromatic carbocycles. The molecular formula is C15H28N2O. The van der Waals surface area contributed by atoms with E-state index in [0.717, 1.165) is 18.1 Å². The van der Waals surface area contributed by atoms with Gasteiger partial charge in [-0.1, -0.05) is 0 Å². The zero-order chi connectivity index (χ0) is 12.4. The molecule has 0 bridgehead atoms. The normalized spacial score (nSPS) is 37.3. The van der Waals surface area contributed by atoms with E-state index in [-0.39, 0.29) is 0 Å². The van der Waals surface area contributed by atoms with Crippen LogP contribution in [0.1, 0.15) is 51.4 Å². The van der Waals surface area contributed by atoms with E-state index in [4.69, 9.17) is 4.74 Å². The summed E-state index contributed by atoms with van der Waals surface area (Å²) in [4.78, 5) is 2.84. The third-order valence-electron chi connectivity index (χ3n) is 5.06. The maximum atomic E-state index is 5.50. The third kappa shape index (κ3) is 3.06. The number of hydrogen-bond acceptors (Lipinski definition) is 3. The van der Waals surface area contributed by atoms with E-state index in [2.05, 4.69) is 10.2 Å². The number of methoxy groups -OCH3 is 1. The van der Waals surface area contributed by atoms with E-state index >= 15 is 0 Å². The molecule has 3 nitrogen and oxygen atoms in total. The molecule has 0 amide bonds. The summed E-state index contributed by atoms with van der Waals surface area (Å²) in [6.45, 7) is 2.53. The van der Waals surface area contributed by atoms with Crippen LogP contribution in [0.3, 0.4) is 0 Å². The van der Waals surface area contributed by atoms with Crippen LogP contribution in [0.5, 0.6) is 0 Å². The fourth-order valence-corrected chi connectivity index (χ4v) is 3.78. The minimum atomic E-state index is 0.534. The van der Waals surface area contributed by atoms with Gasteiger partial charge in [0.1, 0.15) is 0 Å². The maximum absolute atomic E-state index is 5.50. The molecule has 2 aliphatic carbocycles. The number of ether oxygens (including phenoxy) is 1. The quantitative estimate of drug-likeness (QED) is 0.811. The van der Waals surface area contributed by atoms with Crippen molar-refractivity contribution in [3.05, 3.63) is 0 Å². The Bertz CT molecular complexity index is 253. The lowest BCUT2D eigenvalue weighted by Crippen LogP contribution is -2.46. The van der Waals surface area contributed by atoms with Gasteiger partial charge in [-0.15, -0.1) is 0 Å². The molecular weight excluding hydrogens is 224 g/mol. The van der Waals surface area contributed by atoms with Crippen molar-refractivity contribution in [2.75, 3.05) is 20.2 Å². The summed E-state index contributed by atoms with van der Waals surface area (Å²) >= 11 is 0. The molecule has 3 fully saturated rings.